The molecule has 0 aromatic carbocycles. The zero-order valence-electron chi connectivity index (χ0n) is 10.2. The second-order valence-corrected chi connectivity index (χ2v) is 5.06. The summed E-state index contributed by atoms with van der Waals surface area (Å²) in [5.74, 6) is -0.602. The number of carbonyl (C=O) groups is 2. The highest BCUT2D eigenvalue weighted by molar-refractivity contribution is 5.97. The van der Waals surface area contributed by atoms with Gasteiger partial charge in [0.15, 0.2) is 5.78 Å². The Morgan fingerprint density at radius 1 is 1.24 bits per heavy atom. The van der Waals surface area contributed by atoms with Crippen molar-refractivity contribution in [2.75, 3.05) is 0 Å². The summed E-state index contributed by atoms with van der Waals surface area (Å²) in [6.07, 6.45) is 4.71. The minimum absolute atomic E-state index is 0.173. The van der Waals surface area contributed by atoms with Crippen molar-refractivity contribution < 1.29 is 14.7 Å². The summed E-state index contributed by atoms with van der Waals surface area (Å²) in [5, 5.41) is 12.3. The fourth-order valence-corrected chi connectivity index (χ4v) is 2.69. The van der Waals surface area contributed by atoms with Crippen LogP contribution >= 0.6 is 0 Å². The quantitative estimate of drug-likeness (QED) is 0.786. The Labute approximate surface area is 101 Å². The van der Waals surface area contributed by atoms with Crippen LogP contribution in [0.5, 0.6) is 0 Å². The Morgan fingerprint density at radius 3 is 2.35 bits per heavy atom. The normalized spacial score (nSPS) is 29.6. The average Bonchev–Trinajstić information content (AvgIpc) is 2.62. The van der Waals surface area contributed by atoms with Crippen LogP contribution in [0.15, 0.2) is 11.3 Å². The molecule has 0 amide bonds. The lowest BCUT2D eigenvalue weighted by Gasteiger charge is -2.28. The molecule has 0 saturated heterocycles. The van der Waals surface area contributed by atoms with Crippen LogP contribution < -0.4 is 5.32 Å². The summed E-state index contributed by atoms with van der Waals surface area (Å²) >= 11 is 0. The summed E-state index contributed by atoms with van der Waals surface area (Å²) in [5.41, 5.74) is 1.94. The third-order valence-corrected chi connectivity index (χ3v) is 3.93. The number of ketones is 1. The summed E-state index contributed by atoms with van der Waals surface area (Å²) < 4.78 is 0. The minimum Gasteiger partial charge on any atom is -0.481 e. The van der Waals surface area contributed by atoms with E-state index in [-0.39, 0.29) is 11.7 Å². The van der Waals surface area contributed by atoms with E-state index in [9.17, 15) is 9.59 Å². The molecular weight excluding hydrogens is 218 g/mol. The van der Waals surface area contributed by atoms with Crippen LogP contribution in [0, 0.1) is 5.92 Å². The van der Waals surface area contributed by atoms with Crippen LogP contribution in [0.1, 0.15) is 45.4 Å². The van der Waals surface area contributed by atoms with Crippen molar-refractivity contribution in [2.45, 2.75) is 51.5 Å². The molecule has 1 saturated carbocycles. The molecule has 2 N–H and O–H groups in total. The van der Waals surface area contributed by atoms with E-state index in [0.29, 0.717) is 12.5 Å². The monoisotopic (exact) mass is 237 g/mol. The molecule has 1 fully saturated rings. The van der Waals surface area contributed by atoms with Crippen molar-refractivity contribution in [1.82, 2.24) is 5.32 Å². The van der Waals surface area contributed by atoms with E-state index >= 15 is 0 Å². The van der Waals surface area contributed by atoms with E-state index in [1.165, 1.54) is 0 Å². The third kappa shape index (κ3) is 2.68. The molecule has 17 heavy (non-hydrogen) atoms. The van der Waals surface area contributed by atoms with Gasteiger partial charge in [-0.3, -0.25) is 9.59 Å². The first-order valence-electron chi connectivity index (χ1n) is 6.30. The fraction of sp³-hybridized carbons (Fsp3) is 0.692. The van der Waals surface area contributed by atoms with Gasteiger partial charge in [0.25, 0.3) is 0 Å². The van der Waals surface area contributed by atoms with E-state index < -0.39 is 5.97 Å². The summed E-state index contributed by atoms with van der Waals surface area (Å²) in [6.45, 7) is 1.88. The zero-order chi connectivity index (χ0) is 12.4. The highest BCUT2D eigenvalue weighted by Gasteiger charge is 2.27. The number of Topliss-reactive ketones (excluding diaryl/α,β-unsaturated/α-hetero) is 1. The van der Waals surface area contributed by atoms with Crippen molar-refractivity contribution in [3.63, 3.8) is 0 Å². The average molecular weight is 237 g/mol. The Morgan fingerprint density at radius 2 is 1.88 bits per heavy atom. The SMILES string of the molecule is CC1=C(N[C@H]2CC[C@H](C(=O)O)CC2)CCC1=O. The first-order valence-corrected chi connectivity index (χ1v) is 6.30. The second-order valence-electron chi connectivity index (χ2n) is 5.06. The number of nitrogens with one attached hydrogen (secondary N) is 1. The van der Waals surface area contributed by atoms with Gasteiger partial charge in [0, 0.05) is 23.7 Å². The van der Waals surface area contributed by atoms with E-state index in [2.05, 4.69) is 5.32 Å². The smallest absolute Gasteiger partial charge is 0.306 e. The van der Waals surface area contributed by atoms with Crippen molar-refractivity contribution in [3.8, 4) is 0 Å². The molecular formula is C13H19NO3. The summed E-state index contributed by atoms with van der Waals surface area (Å²) in [7, 11) is 0. The van der Waals surface area contributed by atoms with Crippen LogP contribution in [-0.2, 0) is 9.59 Å². The topological polar surface area (TPSA) is 66.4 Å². The molecule has 0 heterocycles. The van der Waals surface area contributed by atoms with Crippen molar-refractivity contribution >= 4 is 11.8 Å². The van der Waals surface area contributed by atoms with Gasteiger partial charge in [-0.05, 0) is 39.0 Å². The van der Waals surface area contributed by atoms with E-state index in [4.69, 9.17) is 5.11 Å². The van der Waals surface area contributed by atoms with Crippen LogP contribution in [0.3, 0.4) is 0 Å². The van der Waals surface area contributed by atoms with Gasteiger partial charge >= 0.3 is 5.97 Å². The van der Waals surface area contributed by atoms with Crippen LogP contribution in [0.25, 0.3) is 0 Å². The van der Waals surface area contributed by atoms with E-state index in [1.54, 1.807) is 0 Å². The molecule has 0 bridgehead atoms. The van der Waals surface area contributed by atoms with E-state index in [0.717, 1.165) is 43.4 Å². The number of carboxylic acid groups (broad SMARTS) is 1. The van der Waals surface area contributed by atoms with Crippen LogP contribution in [-0.4, -0.2) is 22.9 Å². The third-order valence-electron chi connectivity index (χ3n) is 3.93. The maximum atomic E-state index is 11.4. The van der Waals surface area contributed by atoms with Gasteiger partial charge in [0.05, 0.1) is 5.92 Å². The maximum Gasteiger partial charge on any atom is 0.306 e. The van der Waals surface area contributed by atoms with Crippen LogP contribution in [0.2, 0.25) is 0 Å². The Bertz CT molecular complexity index is 365. The molecule has 0 aromatic rings. The number of aliphatic carboxylic acids is 1. The first kappa shape index (κ1) is 12.1. The molecule has 2 aliphatic rings. The lowest BCUT2D eigenvalue weighted by molar-refractivity contribution is -0.142. The molecule has 0 aromatic heterocycles. The summed E-state index contributed by atoms with van der Waals surface area (Å²) in [4.78, 5) is 22.2. The van der Waals surface area contributed by atoms with Crippen molar-refractivity contribution in [3.05, 3.63) is 11.3 Å². The lowest BCUT2D eigenvalue weighted by atomic mass is 9.86. The van der Waals surface area contributed by atoms with Crippen molar-refractivity contribution in [1.29, 1.82) is 0 Å². The molecule has 4 heteroatoms. The molecule has 2 rings (SSSR count). The minimum atomic E-state index is -0.671. The largest absolute Gasteiger partial charge is 0.481 e. The van der Waals surface area contributed by atoms with Gasteiger partial charge in [-0.2, -0.15) is 0 Å². The highest BCUT2D eigenvalue weighted by atomic mass is 16.4. The Kier molecular flexibility index (Phi) is 3.50. The molecule has 4 nitrogen and oxygen atoms in total. The summed E-state index contributed by atoms with van der Waals surface area (Å²) in [6, 6.07) is 0.349. The fourth-order valence-electron chi connectivity index (χ4n) is 2.69. The maximum absolute atomic E-state index is 11.4. The van der Waals surface area contributed by atoms with Gasteiger partial charge in [0.2, 0.25) is 0 Å². The number of carbonyl (C=O) groups excluding carboxylic acids is 1. The standard InChI is InChI=1S/C13H19NO3/c1-8-11(6-7-12(8)15)14-10-4-2-9(3-5-10)13(16)17/h9-10,14H,2-7H2,1H3,(H,16,17)/t9-,10-. The molecule has 0 atom stereocenters. The van der Waals surface area contributed by atoms with Gasteiger partial charge in [-0.25, -0.2) is 0 Å². The number of carboxylic acids is 1. The Hall–Kier alpha value is -1.32. The number of allylic oxidation sites excluding steroid dienone is 2. The predicted molar refractivity (Wildman–Crippen MR) is 63.5 cm³/mol. The molecule has 0 unspecified atom stereocenters. The van der Waals surface area contributed by atoms with Crippen LogP contribution in [0.4, 0.5) is 0 Å². The predicted octanol–water partition coefficient (Wildman–Crippen LogP) is 1.86. The molecule has 94 valence electrons. The first-order chi connectivity index (χ1) is 8.08. The zero-order valence-corrected chi connectivity index (χ0v) is 10.2. The van der Waals surface area contributed by atoms with Crippen molar-refractivity contribution in [2.24, 2.45) is 5.92 Å². The molecule has 0 aliphatic heterocycles. The Balaban J connectivity index is 1.87. The number of rotatable bonds is 3. The molecule has 0 radical (unpaired) electrons. The van der Waals surface area contributed by atoms with Gasteiger partial charge in [0.1, 0.15) is 0 Å². The lowest BCUT2D eigenvalue weighted by Crippen LogP contribution is -2.34. The van der Waals surface area contributed by atoms with Gasteiger partial charge < -0.3 is 10.4 Å². The van der Waals surface area contributed by atoms with Gasteiger partial charge in [-0.1, -0.05) is 0 Å². The molecule has 0 spiro atoms. The van der Waals surface area contributed by atoms with E-state index in [1.807, 2.05) is 6.92 Å². The van der Waals surface area contributed by atoms with Gasteiger partial charge in [-0.15, -0.1) is 0 Å². The number of hydrogen-bond acceptors (Lipinski definition) is 3. The molecule has 2 aliphatic carbocycles. The highest BCUT2D eigenvalue weighted by Crippen LogP contribution is 2.27. The second kappa shape index (κ2) is 4.90. The number of hydrogen-bond donors (Lipinski definition) is 2.